The summed E-state index contributed by atoms with van der Waals surface area (Å²) in [5.41, 5.74) is 3.47. The van der Waals surface area contributed by atoms with Crippen LogP contribution in [0.1, 0.15) is 29.6 Å². The molecule has 0 aliphatic heterocycles. The normalized spacial score (nSPS) is 10.9. The van der Waals surface area contributed by atoms with Crippen molar-refractivity contribution < 1.29 is 4.92 Å². The number of hydrogen-bond donors (Lipinski definition) is 1. The molecule has 0 radical (unpaired) electrons. The molecule has 0 spiro atoms. The summed E-state index contributed by atoms with van der Waals surface area (Å²) in [6, 6.07) is 0. The summed E-state index contributed by atoms with van der Waals surface area (Å²) >= 11 is 0. The summed E-state index contributed by atoms with van der Waals surface area (Å²) in [6.07, 6.45) is 0. The molecule has 0 aliphatic rings. The zero-order valence-corrected chi connectivity index (χ0v) is 13.0. The smallest absolute Gasteiger partial charge is 0.333 e. The van der Waals surface area contributed by atoms with Gasteiger partial charge < -0.3 is 5.32 Å². The van der Waals surface area contributed by atoms with Crippen LogP contribution in [-0.4, -0.2) is 24.5 Å². The van der Waals surface area contributed by atoms with Gasteiger partial charge in [-0.2, -0.15) is 10.2 Å². The van der Waals surface area contributed by atoms with Crippen molar-refractivity contribution in [3.8, 4) is 0 Å². The fraction of sp³-hybridized carbons (Fsp3) is 0.538. The van der Waals surface area contributed by atoms with Gasteiger partial charge in [-0.15, -0.1) is 0 Å². The molecule has 8 heteroatoms. The first kappa shape index (κ1) is 15.0. The van der Waals surface area contributed by atoms with Crippen molar-refractivity contribution in [2.45, 2.75) is 40.8 Å². The van der Waals surface area contributed by atoms with Gasteiger partial charge in [-0.05, 0) is 27.7 Å². The minimum absolute atomic E-state index is 0.0380. The standard InChI is InChI=1S/C13H20N6O2/c1-6-18-13(12(19(20)21)9(3)16-18)14-7-11-8(2)15-17(5)10(11)4/h14H,6-7H2,1-5H3. The molecule has 0 saturated carbocycles. The molecular formula is C13H20N6O2. The van der Waals surface area contributed by atoms with Gasteiger partial charge in [0.15, 0.2) is 0 Å². The van der Waals surface area contributed by atoms with Crippen LogP contribution in [0.4, 0.5) is 11.5 Å². The summed E-state index contributed by atoms with van der Waals surface area (Å²) in [6.45, 7) is 8.52. The third kappa shape index (κ3) is 2.61. The second-order valence-corrected chi connectivity index (χ2v) is 4.98. The van der Waals surface area contributed by atoms with Gasteiger partial charge >= 0.3 is 5.69 Å². The topological polar surface area (TPSA) is 90.8 Å². The quantitative estimate of drug-likeness (QED) is 0.673. The summed E-state index contributed by atoms with van der Waals surface area (Å²) in [4.78, 5) is 10.8. The van der Waals surface area contributed by atoms with Crippen LogP contribution in [0.15, 0.2) is 0 Å². The second kappa shape index (κ2) is 5.55. The predicted octanol–water partition coefficient (Wildman–Crippen LogP) is 2.08. The van der Waals surface area contributed by atoms with Gasteiger partial charge in [-0.25, -0.2) is 4.68 Å². The van der Waals surface area contributed by atoms with Crippen LogP contribution in [0.25, 0.3) is 0 Å². The number of aromatic nitrogens is 4. The van der Waals surface area contributed by atoms with Gasteiger partial charge in [0.2, 0.25) is 5.82 Å². The lowest BCUT2D eigenvalue weighted by atomic mass is 10.2. The minimum Gasteiger partial charge on any atom is -0.360 e. The van der Waals surface area contributed by atoms with E-state index in [-0.39, 0.29) is 10.6 Å². The second-order valence-electron chi connectivity index (χ2n) is 4.98. The average Bonchev–Trinajstić information content (AvgIpc) is 2.85. The minimum atomic E-state index is -0.389. The number of hydrogen-bond acceptors (Lipinski definition) is 5. The Hall–Kier alpha value is -2.38. The van der Waals surface area contributed by atoms with E-state index in [0.29, 0.717) is 24.6 Å². The zero-order valence-electron chi connectivity index (χ0n) is 13.0. The highest BCUT2D eigenvalue weighted by molar-refractivity contribution is 5.59. The van der Waals surface area contributed by atoms with Crippen molar-refractivity contribution in [1.82, 2.24) is 19.6 Å². The summed E-state index contributed by atoms with van der Waals surface area (Å²) in [5.74, 6) is 0.447. The lowest BCUT2D eigenvalue weighted by molar-refractivity contribution is -0.384. The molecule has 0 amide bonds. The Morgan fingerprint density at radius 1 is 1.24 bits per heavy atom. The van der Waals surface area contributed by atoms with E-state index in [1.54, 1.807) is 11.6 Å². The maximum absolute atomic E-state index is 11.2. The Labute approximate surface area is 122 Å². The van der Waals surface area contributed by atoms with Gasteiger partial charge in [0.1, 0.15) is 5.69 Å². The van der Waals surface area contributed by atoms with Crippen LogP contribution in [0.3, 0.4) is 0 Å². The van der Waals surface area contributed by atoms with Crippen LogP contribution in [0.5, 0.6) is 0 Å². The lowest BCUT2D eigenvalue weighted by Gasteiger charge is -2.08. The number of nitrogens with one attached hydrogen (secondary N) is 1. The molecule has 0 aromatic carbocycles. The van der Waals surface area contributed by atoms with Crippen LogP contribution >= 0.6 is 0 Å². The van der Waals surface area contributed by atoms with Crippen LogP contribution < -0.4 is 5.32 Å². The van der Waals surface area contributed by atoms with E-state index in [1.807, 2.05) is 32.5 Å². The molecule has 0 aliphatic carbocycles. The average molecular weight is 292 g/mol. The number of nitrogens with zero attached hydrogens (tertiary/aromatic N) is 5. The van der Waals surface area contributed by atoms with Crippen molar-refractivity contribution in [3.63, 3.8) is 0 Å². The number of nitro groups is 1. The molecule has 2 aromatic heterocycles. The molecule has 1 N–H and O–H groups in total. The van der Waals surface area contributed by atoms with Crippen molar-refractivity contribution in [1.29, 1.82) is 0 Å². The van der Waals surface area contributed by atoms with E-state index in [1.165, 1.54) is 0 Å². The lowest BCUT2D eigenvalue weighted by Crippen LogP contribution is -2.09. The molecular weight excluding hydrogens is 272 g/mol. The number of rotatable bonds is 5. The molecule has 0 bridgehead atoms. The van der Waals surface area contributed by atoms with E-state index in [2.05, 4.69) is 15.5 Å². The third-order valence-electron chi connectivity index (χ3n) is 3.67. The third-order valence-corrected chi connectivity index (χ3v) is 3.67. The molecule has 0 saturated heterocycles. The molecule has 0 fully saturated rings. The van der Waals surface area contributed by atoms with Gasteiger partial charge in [0, 0.05) is 31.4 Å². The molecule has 2 aromatic rings. The zero-order chi connectivity index (χ0) is 15.7. The predicted molar refractivity (Wildman–Crippen MR) is 79.3 cm³/mol. The highest BCUT2D eigenvalue weighted by atomic mass is 16.6. The van der Waals surface area contributed by atoms with E-state index < -0.39 is 0 Å². The number of aryl methyl sites for hydroxylation is 4. The highest BCUT2D eigenvalue weighted by Crippen LogP contribution is 2.29. The first-order valence-electron chi connectivity index (χ1n) is 6.81. The largest absolute Gasteiger partial charge is 0.360 e. The van der Waals surface area contributed by atoms with Crippen molar-refractivity contribution in [2.24, 2.45) is 7.05 Å². The maximum atomic E-state index is 11.2. The van der Waals surface area contributed by atoms with E-state index >= 15 is 0 Å². The molecule has 8 nitrogen and oxygen atoms in total. The Balaban J connectivity index is 2.33. The Bertz CT molecular complexity index is 685. The van der Waals surface area contributed by atoms with Crippen molar-refractivity contribution >= 4 is 11.5 Å². The van der Waals surface area contributed by atoms with Gasteiger partial charge in [-0.3, -0.25) is 14.8 Å². The maximum Gasteiger partial charge on any atom is 0.333 e. The summed E-state index contributed by atoms with van der Waals surface area (Å²) in [7, 11) is 1.88. The Kier molecular flexibility index (Phi) is 3.97. The monoisotopic (exact) mass is 292 g/mol. The molecule has 114 valence electrons. The Morgan fingerprint density at radius 2 is 1.90 bits per heavy atom. The fourth-order valence-corrected chi connectivity index (χ4v) is 2.44. The van der Waals surface area contributed by atoms with Gasteiger partial charge in [0.25, 0.3) is 0 Å². The number of anilines is 1. The summed E-state index contributed by atoms with van der Waals surface area (Å²) in [5, 5.41) is 22.9. The Morgan fingerprint density at radius 3 is 2.38 bits per heavy atom. The van der Waals surface area contributed by atoms with Crippen LogP contribution in [0, 0.1) is 30.9 Å². The van der Waals surface area contributed by atoms with Crippen LogP contribution in [0.2, 0.25) is 0 Å². The molecule has 21 heavy (non-hydrogen) atoms. The van der Waals surface area contributed by atoms with E-state index in [0.717, 1.165) is 17.0 Å². The highest BCUT2D eigenvalue weighted by Gasteiger charge is 2.25. The SMILES string of the molecule is CCn1nc(C)c([N+](=O)[O-])c1NCc1c(C)nn(C)c1C. The fourth-order valence-electron chi connectivity index (χ4n) is 2.44. The van der Waals surface area contributed by atoms with E-state index in [9.17, 15) is 10.1 Å². The van der Waals surface area contributed by atoms with Gasteiger partial charge in [-0.1, -0.05) is 0 Å². The molecule has 2 rings (SSSR count). The van der Waals surface area contributed by atoms with Crippen molar-refractivity contribution in [3.05, 3.63) is 32.8 Å². The molecule has 0 unspecified atom stereocenters. The molecule has 0 atom stereocenters. The van der Waals surface area contributed by atoms with Gasteiger partial charge in [0.05, 0.1) is 10.6 Å². The summed E-state index contributed by atoms with van der Waals surface area (Å²) < 4.78 is 3.43. The van der Waals surface area contributed by atoms with Crippen LogP contribution in [-0.2, 0) is 20.1 Å². The van der Waals surface area contributed by atoms with Crippen molar-refractivity contribution in [2.75, 3.05) is 5.32 Å². The van der Waals surface area contributed by atoms with E-state index in [4.69, 9.17) is 0 Å². The first-order valence-corrected chi connectivity index (χ1v) is 6.81. The first-order chi connectivity index (χ1) is 9.86. The molecule has 2 heterocycles.